The van der Waals surface area contributed by atoms with Crippen LogP contribution in [0.3, 0.4) is 0 Å². The molecule has 0 N–H and O–H groups in total. The van der Waals surface area contributed by atoms with Gasteiger partial charge in [-0.05, 0) is 18.2 Å². The van der Waals surface area contributed by atoms with Crippen molar-refractivity contribution in [1.82, 2.24) is 13.9 Å². The number of carbonyl (C=O) groups excluding carboxylic acids is 1. The molecule has 0 aliphatic rings. The van der Waals surface area contributed by atoms with E-state index in [-0.39, 0.29) is 17.2 Å². The Balaban J connectivity index is 1.71. The van der Waals surface area contributed by atoms with Crippen LogP contribution >= 0.6 is 11.3 Å². The van der Waals surface area contributed by atoms with Gasteiger partial charge < -0.3 is 14.0 Å². The van der Waals surface area contributed by atoms with Crippen LogP contribution in [-0.2, 0) is 28.4 Å². The van der Waals surface area contributed by atoms with Crippen molar-refractivity contribution in [3.05, 3.63) is 53.3 Å². The van der Waals surface area contributed by atoms with E-state index in [2.05, 4.69) is 4.98 Å². The molecule has 0 aliphatic heterocycles. The molecule has 0 fully saturated rings. The Kier molecular flexibility index (Phi) is 7.14. The van der Waals surface area contributed by atoms with Crippen molar-refractivity contribution in [3.63, 3.8) is 0 Å². The van der Waals surface area contributed by atoms with E-state index in [0.717, 1.165) is 16.3 Å². The molecule has 10 heteroatoms. The molecule has 3 aromatic rings. The lowest BCUT2D eigenvalue weighted by Gasteiger charge is -2.17. The van der Waals surface area contributed by atoms with E-state index in [1.165, 1.54) is 32.5 Å². The second kappa shape index (κ2) is 9.63. The molecule has 0 amide bonds. The van der Waals surface area contributed by atoms with Gasteiger partial charge in [-0.3, -0.25) is 0 Å². The highest BCUT2D eigenvalue weighted by molar-refractivity contribution is 7.89. The highest BCUT2D eigenvalue weighted by Gasteiger charge is 2.26. The van der Waals surface area contributed by atoms with Crippen LogP contribution in [-0.4, -0.2) is 48.4 Å². The third-order valence-electron chi connectivity index (χ3n) is 4.75. The van der Waals surface area contributed by atoms with Gasteiger partial charge in [-0.2, -0.15) is 4.31 Å². The number of esters is 1. The highest BCUT2D eigenvalue weighted by Crippen LogP contribution is 2.27. The lowest BCUT2D eigenvalue weighted by Crippen LogP contribution is -2.30. The lowest BCUT2D eigenvalue weighted by molar-refractivity contribution is 0.0457. The largest absolute Gasteiger partial charge is 0.497 e. The van der Waals surface area contributed by atoms with E-state index < -0.39 is 16.0 Å². The Labute approximate surface area is 186 Å². The van der Waals surface area contributed by atoms with Crippen molar-refractivity contribution in [2.75, 3.05) is 20.2 Å². The van der Waals surface area contributed by atoms with Gasteiger partial charge in [-0.1, -0.05) is 26.0 Å². The van der Waals surface area contributed by atoms with Gasteiger partial charge in [0.25, 0.3) is 0 Å². The SMILES string of the molecule is CCN(CC)S(=O)(=O)c1cc(C(=O)OCc2csc(-c3cccc(OC)c3)n2)n(C)c1. The second-order valence-corrected chi connectivity index (χ2v) is 9.51. The van der Waals surface area contributed by atoms with E-state index in [4.69, 9.17) is 9.47 Å². The van der Waals surface area contributed by atoms with E-state index in [0.29, 0.717) is 18.8 Å². The maximum Gasteiger partial charge on any atom is 0.355 e. The van der Waals surface area contributed by atoms with Crippen LogP contribution in [0, 0.1) is 0 Å². The molecule has 31 heavy (non-hydrogen) atoms. The summed E-state index contributed by atoms with van der Waals surface area (Å²) < 4.78 is 38.8. The van der Waals surface area contributed by atoms with Crippen LogP contribution in [0.5, 0.6) is 5.75 Å². The number of methoxy groups -OCH3 is 1. The van der Waals surface area contributed by atoms with Crippen LogP contribution in [0.15, 0.2) is 46.8 Å². The predicted molar refractivity (Wildman–Crippen MR) is 119 cm³/mol. The minimum atomic E-state index is -3.65. The zero-order chi connectivity index (χ0) is 22.6. The fourth-order valence-corrected chi connectivity index (χ4v) is 5.40. The minimum absolute atomic E-state index is 0.0113. The Bertz CT molecular complexity index is 1160. The Morgan fingerprint density at radius 1 is 1.23 bits per heavy atom. The number of hydrogen-bond donors (Lipinski definition) is 0. The first-order valence-electron chi connectivity index (χ1n) is 9.72. The number of nitrogens with zero attached hydrogens (tertiary/aromatic N) is 3. The van der Waals surface area contributed by atoms with Gasteiger partial charge in [0.15, 0.2) is 0 Å². The van der Waals surface area contributed by atoms with E-state index >= 15 is 0 Å². The molecule has 0 unspecified atom stereocenters. The number of carbonyl (C=O) groups is 1. The first-order chi connectivity index (χ1) is 14.8. The van der Waals surface area contributed by atoms with Gasteiger partial charge in [0.2, 0.25) is 10.0 Å². The lowest BCUT2D eigenvalue weighted by atomic mass is 10.2. The molecule has 0 atom stereocenters. The monoisotopic (exact) mass is 463 g/mol. The number of aromatic nitrogens is 2. The molecule has 0 spiro atoms. The number of thiazole rings is 1. The molecule has 0 saturated heterocycles. The summed E-state index contributed by atoms with van der Waals surface area (Å²) in [6.07, 6.45) is 1.42. The summed E-state index contributed by atoms with van der Waals surface area (Å²) >= 11 is 1.44. The number of hydrogen-bond acceptors (Lipinski definition) is 7. The van der Waals surface area contributed by atoms with Gasteiger partial charge in [-0.25, -0.2) is 18.2 Å². The van der Waals surface area contributed by atoms with Crippen LogP contribution < -0.4 is 4.74 Å². The molecule has 166 valence electrons. The third kappa shape index (κ3) is 4.97. The van der Waals surface area contributed by atoms with Crippen LogP contribution in [0.2, 0.25) is 0 Å². The van der Waals surface area contributed by atoms with Crippen LogP contribution in [0.25, 0.3) is 10.6 Å². The minimum Gasteiger partial charge on any atom is -0.497 e. The first-order valence-corrected chi connectivity index (χ1v) is 12.0. The van der Waals surface area contributed by atoms with Gasteiger partial charge in [-0.15, -0.1) is 11.3 Å². The van der Waals surface area contributed by atoms with Crippen molar-refractivity contribution in [1.29, 1.82) is 0 Å². The normalized spacial score (nSPS) is 11.6. The molecule has 2 heterocycles. The summed E-state index contributed by atoms with van der Waals surface area (Å²) in [4.78, 5) is 17.1. The maximum atomic E-state index is 12.7. The topological polar surface area (TPSA) is 90.7 Å². The summed E-state index contributed by atoms with van der Waals surface area (Å²) in [5.74, 6) is 0.124. The summed E-state index contributed by atoms with van der Waals surface area (Å²) in [6, 6.07) is 8.90. The summed E-state index contributed by atoms with van der Waals surface area (Å²) in [7, 11) is -0.435. The van der Waals surface area contributed by atoms with Crippen molar-refractivity contribution < 1.29 is 22.7 Å². The van der Waals surface area contributed by atoms with E-state index in [1.807, 2.05) is 29.6 Å². The molecular weight excluding hydrogens is 438 g/mol. The fraction of sp³-hybridized carbons (Fsp3) is 0.333. The molecule has 2 aromatic heterocycles. The molecule has 0 saturated carbocycles. The summed E-state index contributed by atoms with van der Waals surface area (Å²) in [5.41, 5.74) is 1.69. The van der Waals surface area contributed by atoms with Crippen molar-refractivity contribution in [2.24, 2.45) is 7.05 Å². The van der Waals surface area contributed by atoms with Gasteiger partial charge in [0, 0.05) is 37.3 Å². The average molecular weight is 464 g/mol. The smallest absolute Gasteiger partial charge is 0.355 e. The number of benzene rings is 1. The number of rotatable bonds is 9. The molecular formula is C21H25N3O5S2. The molecule has 8 nitrogen and oxygen atoms in total. The van der Waals surface area contributed by atoms with Gasteiger partial charge in [0.1, 0.15) is 28.0 Å². The predicted octanol–water partition coefficient (Wildman–Crippen LogP) is 3.54. The van der Waals surface area contributed by atoms with E-state index in [9.17, 15) is 13.2 Å². The summed E-state index contributed by atoms with van der Waals surface area (Å²) in [5, 5.41) is 2.61. The first kappa shape index (κ1) is 23.0. The van der Waals surface area contributed by atoms with Crippen LogP contribution in [0.4, 0.5) is 0 Å². The zero-order valence-electron chi connectivity index (χ0n) is 17.9. The number of ether oxygens (including phenoxy) is 2. The fourth-order valence-electron chi connectivity index (χ4n) is 3.07. The molecule has 0 aliphatic carbocycles. The molecule has 0 bridgehead atoms. The Morgan fingerprint density at radius 3 is 2.65 bits per heavy atom. The van der Waals surface area contributed by atoms with Crippen molar-refractivity contribution in [3.8, 4) is 16.3 Å². The highest BCUT2D eigenvalue weighted by atomic mass is 32.2. The molecule has 3 rings (SSSR count). The Morgan fingerprint density at radius 2 is 1.97 bits per heavy atom. The van der Waals surface area contributed by atoms with E-state index in [1.54, 1.807) is 28.0 Å². The zero-order valence-corrected chi connectivity index (χ0v) is 19.5. The number of aryl methyl sites for hydroxylation is 1. The standard InChI is InChI=1S/C21H25N3O5S2/c1-5-24(6-2)31(26,27)18-11-19(23(3)12-18)21(25)29-13-16-14-30-20(22-16)15-8-7-9-17(10-15)28-4/h7-12,14H,5-6,13H2,1-4H3. The third-order valence-corrected chi connectivity index (χ3v) is 7.71. The molecule has 1 aromatic carbocycles. The average Bonchev–Trinajstić information content (AvgIpc) is 3.40. The van der Waals surface area contributed by atoms with Crippen LogP contribution in [0.1, 0.15) is 30.0 Å². The van der Waals surface area contributed by atoms with Crippen molar-refractivity contribution >= 4 is 27.3 Å². The summed E-state index contributed by atoms with van der Waals surface area (Å²) in [6.45, 7) is 4.24. The van der Waals surface area contributed by atoms with Crippen molar-refractivity contribution in [2.45, 2.75) is 25.3 Å². The quantitative estimate of drug-likeness (QED) is 0.451. The van der Waals surface area contributed by atoms with Gasteiger partial charge in [0.05, 0.1) is 12.8 Å². The molecule has 0 radical (unpaired) electrons. The second-order valence-electron chi connectivity index (χ2n) is 6.71. The van der Waals surface area contributed by atoms with Gasteiger partial charge >= 0.3 is 5.97 Å². The number of sulfonamides is 1. The maximum absolute atomic E-state index is 12.7. The Hall–Kier alpha value is -2.69.